The van der Waals surface area contributed by atoms with Gasteiger partial charge in [-0.1, -0.05) is 30.3 Å². The van der Waals surface area contributed by atoms with Crippen LogP contribution in [0.5, 0.6) is 0 Å². The highest BCUT2D eigenvalue weighted by Gasteiger charge is 2.02. The Kier molecular flexibility index (Phi) is 2.99. The van der Waals surface area contributed by atoms with Gasteiger partial charge in [-0.15, -0.1) is 11.8 Å². The van der Waals surface area contributed by atoms with Gasteiger partial charge >= 0.3 is 0 Å². The lowest BCUT2D eigenvalue weighted by molar-refractivity contribution is 1.22. The topological polar surface area (TPSA) is 25.8 Å². The van der Waals surface area contributed by atoms with Gasteiger partial charge < -0.3 is 0 Å². The van der Waals surface area contributed by atoms with E-state index in [1.807, 2.05) is 30.5 Å². The van der Waals surface area contributed by atoms with Crippen molar-refractivity contribution in [2.24, 2.45) is 0 Å². The van der Waals surface area contributed by atoms with Crippen molar-refractivity contribution in [2.75, 3.05) is 6.26 Å². The molecule has 0 unspecified atom stereocenters. The number of aromatic nitrogens is 2. The van der Waals surface area contributed by atoms with Gasteiger partial charge in [0.2, 0.25) is 0 Å². The van der Waals surface area contributed by atoms with E-state index in [9.17, 15) is 0 Å². The van der Waals surface area contributed by atoms with Crippen LogP contribution in [0.3, 0.4) is 0 Å². The van der Waals surface area contributed by atoms with Gasteiger partial charge in [0.25, 0.3) is 0 Å². The average molecular weight is 252 g/mol. The summed E-state index contributed by atoms with van der Waals surface area (Å²) in [5.41, 5.74) is 2.04. The Morgan fingerprint density at radius 3 is 2.50 bits per heavy atom. The van der Waals surface area contributed by atoms with Crippen LogP contribution in [0.15, 0.2) is 59.6 Å². The van der Waals surface area contributed by atoms with Crippen molar-refractivity contribution in [3.05, 3.63) is 54.7 Å². The summed E-state index contributed by atoms with van der Waals surface area (Å²) in [6.45, 7) is 0. The number of hydrogen-bond donors (Lipinski definition) is 0. The molecular formula is C15H12N2S. The smallest absolute Gasteiger partial charge is 0.159 e. The Bertz CT molecular complexity index is 677. The van der Waals surface area contributed by atoms with Gasteiger partial charge in [0.05, 0.1) is 5.52 Å². The molecule has 0 saturated heterocycles. The molecule has 0 saturated carbocycles. The van der Waals surface area contributed by atoms with E-state index in [0.717, 1.165) is 22.3 Å². The van der Waals surface area contributed by atoms with E-state index in [1.54, 1.807) is 11.8 Å². The van der Waals surface area contributed by atoms with E-state index in [-0.39, 0.29) is 0 Å². The maximum absolute atomic E-state index is 4.58. The molecule has 1 heterocycles. The van der Waals surface area contributed by atoms with Crippen LogP contribution < -0.4 is 0 Å². The summed E-state index contributed by atoms with van der Waals surface area (Å²) in [6, 6.07) is 16.4. The monoisotopic (exact) mass is 252 g/mol. The van der Waals surface area contributed by atoms with Crippen LogP contribution in [0.25, 0.3) is 22.3 Å². The largest absolute Gasteiger partial charge is 0.236 e. The zero-order valence-electron chi connectivity index (χ0n) is 10.00. The van der Waals surface area contributed by atoms with Crippen LogP contribution in [0, 0.1) is 0 Å². The molecule has 2 nitrogen and oxygen atoms in total. The van der Waals surface area contributed by atoms with Crippen LogP contribution in [0.2, 0.25) is 0 Å². The van der Waals surface area contributed by atoms with Crippen molar-refractivity contribution in [3.8, 4) is 11.4 Å². The molecule has 0 N–H and O–H groups in total. The standard InChI is InChI=1S/C15H12N2S/c1-18-13-8-6-11(7-9-13)15-16-10-12-4-2-3-5-14(12)17-15/h2-10H,1H3. The summed E-state index contributed by atoms with van der Waals surface area (Å²) < 4.78 is 0. The zero-order chi connectivity index (χ0) is 12.4. The minimum absolute atomic E-state index is 0.779. The van der Waals surface area contributed by atoms with E-state index in [1.165, 1.54) is 4.90 Å². The van der Waals surface area contributed by atoms with Crippen LogP contribution in [0.4, 0.5) is 0 Å². The number of thioether (sulfide) groups is 1. The van der Waals surface area contributed by atoms with Crippen molar-refractivity contribution >= 4 is 22.7 Å². The normalized spacial score (nSPS) is 10.7. The van der Waals surface area contributed by atoms with Crippen molar-refractivity contribution in [3.63, 3.8) is 0 Å². The summed E-state index contributed by atoms with van der Waals surface area (Å²) in [4.78, 5) is 10.2. The summed E-state index contributed by atoms with van der Waals surface area (Å²) in [7, 11) is 0. The molecule has 2 aromatic carbocycles. The van der Waals surface area contributed by atoms with E-state index in [4.69, 9.17) is 0 Å². The van der Waals surface area contributed by atoms with Gasteiger partial charge in [0.1, 0.15) is 0 Å². The number of rotatable bonds is 2. The summed E-state index contributed by atoms with van der Waals surface area (Å²) in [5, 5.41) is 1.07. The lowest BCUT2D eigenvalue weighted by Crippen LogP contribution is -1.89. The van der Waals surface area contributed by atoms with E-state index in [0.29, 0.717) is 0 Å². The first kappa shape index (κ1) is 11.2. The highest BCUT2D eigenvalue weighted by Crippen LogP contribution is 2.21. The molecule has 1 aromatic heterocycles. The molecule has 18 heavy (non-hydrogen) atoms. The third-order valence-corrected chi connectivity index (χ3v) is 3.58. The van der Waals surface area contributed by atoms with Gasteiger partial charge in [-0.05, 0) is 24.5 Å². The van der Waals surface area contributed by atoms with Gasteiger partial charge in [-0.3, -0.25) is 0 Å². The number of fused-ring (bicyclic) bond motifs is 1. The molecule has 0 fully saturated rings. The first-order valence-electron chi connectivity index (χ1n) is 5.73. The van der Waals surface area contributed by atoms with Crippen LogP contribution >= 0.6 is 11.8 Å². The maximum Gasteiger partial charge on any atom is 0.159 e. The van der Waals surface area contributed by atoms with Crippen molar-refractivity contribution in [2.45, 2.75) is 4.90 Å². The SMILES string of the molecule is CSc1ccc(-c2ncc3ccccc3n2)cc1. The second-order valence-electron chi connectivity index (χ2n) is 3.98. The van der Waals surface area contributed by atoms with Crippen molar-refractivity contribution < 1.29 is 0 Å². The minimum Gasteiger partial charge on any atom is -0.236 e. The van der Waals surface area contributed by atoms with E-state index < -0.39 is 0 Å². The molecule has 0 bridgehead atoms. The molecule has 3 rings (SSSR count). The molecule has 0 radical (unpaired) electrons. The average Bonchev–Trinajstić information content (AvgIpc) is 2.47. The second-order valence-corrected chi connectivity index (χ2v) is 4.86. The number of nitrogens with zero attached hydrogens (tertiary/aromatic N) is 2. The molecule has 88 valence electrons. The molecule has 0 atom stereocenters. The quantitative estimate of drug-likeness (QED) is 0.644. The highest BCUT2D eigenvalue weighted by atomic mass is 32.2. The fraction of sp³-hybridized carbons (Fsp3) is 0.0667. The molecule has 0 aliphatic heterocycles. The molecule has 3 heteroatoms. The lowest BCUT2D eigenvalue weighted by Gasteiger charge is -2.03. The van der Waals surface area contributed by atoms with Gasteiger partial charge in [0, 0.05) is 22.0 Å². The second kappa shape index (κ2) is 4.78. The number of hydrogen-bond acceptors (Lipinski definition) is 3. The lowest BCUT2D eigenvalue weighted by atomic mass is 10.2. The predicted molar refractivity (Wildman–Crippen MR) is 76.8 cm³/mol. The van der Waals surface area contributed by atoms with E-state index in [2.05, 4.69) is 40.5 Å². The third-order valence-electron chi connectivity index (χ3n) is 2.84. The Morgan fingerprint density at radius 1 is 0.944 bits per heavy atom. The fourth-order valence-corrected chi connectivity index (χ4v) is 2.26. The van der Waals surface area contributed by atoms with Gasteiger partial charge in [-0.25, -0.2) is 9.97 Å². The Hall–Kier alpha value is -1.87. The molecule has 0 aliphatic carbocycles. The van der Waals surface area contributed by atoms with Crippen LogP contribution in [-0.4, -0.2) is 16.2 Å². The zero-order valence-corrected chi connectivity index (χ0v) is 10.8. The van der Waals surface area contributed by atoms with Crippen LogP contribution in [-0.2, 0) is 0 Å². The summed E-state index contributed by atoms with van der Waals surface area (Å²) in [6.07, 6.45) is 3.95. The van der Waals surface area contributed by atoms with Crippen LogP contribution in [0.1, 0.15) is 0 Å². The Balaban J connectivity index is 2.07. The van der Waals surface area contributed by atoms with Crippen molar-refractivity contribution in [1.29, 1.82) is 0 Å². The first-order valence-corrected chi connectivity index (χ1v) is 6.95. The fourth-order valence-electron chi connectivity index (χ4n) is 1.85. The maximum atomic E-state index is 4.58. The minimum atomic E-state index is 0.779. The number of para-hydroxylation sites is 1. The Morgan fingerprint density at radius 2 is 1.72 bits per heavy atom. The molecule has 0 aliphatic rings. The molecule has 0 amide bonds. The summed E-state index contributed by atoms with van der Waals surface area (Å²) in [5.74, 6) is 0.779. The molecular weight excluding hydrogens is 240 g/mol. The molecule has 0 spiro atoms. The highest BCUT2D eigenvalue weighted by molar-refractivity contribution is 7.98. The van der Waals surface area contributed by atoms with E-state index >= 15 is 0 Å². The molecule has 3 aromatic rings. The Labute approximate surface area is 110 Å². The van der Waals surface area contributed by atoms with Crippen molar-refractivity contribution in [1.82, 2.24) is 9.97 Å². The summed E-state index contributed by atoms with van der Waals surface area (Å²) >= 11 is 1.73. The predicted octanol–water partition coefficient (Wildman–Crippen LogP) is 4.02. The van der Waals surface area contributed by atoms with Gasteiger partial charge in [0.15, 0.2) is 5.82 Å². The number of benzene rings is 2. The first-order chi connectivity index (χ1) is 8.86. The van der Waals surface area contributed by atoms with Gasteiger partial charge in [-0.2, -0.15) is 0 Å². The third kappa shape index (κ3) is 2.09.